The van der Waals surface area contributed by atoms with Crippen molar-refractivity contribution in [1.29, 1.82) is 0 Å². The Kier molecular flexibility index (Phi) is 7.37. The topological polar surface area (TPSA) is 104 Å². The third kappa shape index (κ3) is 5.10. The maximum absolute atomic E-state index is 13.8. The largest absolute Gasteiger partial charge is 0.486 e. The minimum atomic E-state index is -0.222. The van der Waals surface area contributed by atoms with Gasteiger partial charge in [0.25, 0.3) is 5.91 Å². The third-order valence-electron chi connectivity index (χ3n) is 6.63. The molecule has 2 amide bonds. The molecule has 2 unspecified atom stereocenters. The van der Waals surface area contributed by atoms with Gasteiger partial charge in [-0.3, -0.25) is 9.59 Å². The summed E-state index contributed by atoms with van der Waals surface area (Å²) < 4.78 is 5.69. The Bertz CT molecular complexity index is 1410. The number of rotatable bonds is 7. The molecule has 0 fully saturated rings. The van der Waals surface area contributed by atoms with Gasteiger partial charge in [0.15, 0.2) is 5.82 Å². The second-order valence-electron chi connectivity index (χ2n) is 9.09. The van der Waals surface area contributed by atoms with Crippen LogP contribution >= 0.6 is 11.6 Å². The zero-order chi connectivity index (χ0) is 26.6. The van der Waals surface area contributed by atoms with Crippen LogP contribution in [0.15, 0.2) is 72.8 Å². The first-order valence-electron chi connectivity index (χ1n) is 12.4. The molecular formula is C28H27ClN6O3. The van der Waals surface area contributed by atoms with Crippen LogP contribution in [0.2, 0.25) is 5.02 Å². The fourth-order valence-corrected chi connectivity index (χ4v) is 4.96. The Hall–Kier alpha value is -4.24. The minimum Gasteiger partial charge on any atom is -0.486 e. The molecule has 9 nitrogen and oxygen atoms in total. The SMILES string of the molecule is CCC(=O)N(c1ccc(Cl)cc1)C1CC(C)N(C(=O)c2ccc(OCc3nnn[nH]3)cc2)c2ccccc21. The van der Waals surface area contributed by atoms with Gasteiger partial charge in [-0.25, -0.2) is 5.10 Å². The van der Waals surface area contributed by atoms with Crippen LogP contribution < -0.4 is 14.5 Å². The highest BCUT2D eigenvalue weighted by Gasteiger charge is 2.38. The number of aromatic amines is 1. The molecule has 194 valence electrons. The number of carbonyl (C=O) groups excluding carboxylic acids is 2. The highest BCUT2D eigenvalue weighted by molar-refractivity contribution is 6.30. The van der Waals surface area contributed by atoms with Crippen LogP contribution in [-0.4, -0.2) is 38.5 Å². The summed E-state index contributed by atoms with van der Waals surface area (Å²) in [6.45, 7) is 4.06. The molecular weight excluding hydrogens is 504 g/mol. The van der Waals surface area contributed by atoms with Crippen LogP contribution in [0, 0.1) is 0 Å². The molecule has 1 aliphatic heterocycles. The maximum Gasteiger partial charge on any atom is 0.258 e. The molecule has 1 aliphatic rings. The molecule has 0 saturated heterocycles. The number of anilines is 2. The molecule has 0 saturated carbocycles. The van der Waals surface area contributed by atoms with Crippen molar-refractivity contribution in [3.63, 3.8) is 0 Å². The zero-order valence-corrected chi connectivity index (χ0v) is 21.8. The van der Waals surface area contributed by atoms with Gasteiger partial charge in [-0.1, -0.05) is 36.7 Å². The number of H-pyrrole nitrogens is 1. The standard InChI is InChI=1S/C28H27ClN6O3/c1-3-27(36)35(21-12-10-20(29)11-13-21)25-16-18(2)34(24-7-5-4-6-23(24)25)28(37)19-8-14-22(15-9-19)38-17-26-30-32-33-31-26/h4-15,18,25H,3,16-17H2,1-2H3,(H,30,31,32,33). The summed E-state index contributed by atoms with van der Waals surface area (Å²) in [5, 5.41) is 14.1. The lowest BCUT2D eigenvalue weighted by Gasteiger charge is -2.43. The van der Waals surface area contributed by atoms with Gasteiger partial charge in [0.1, 0.15) is 12.4 Å². The predicted octanol–water partition coefficient (Wildman–Crippen LogP) is 5.36. The molecule has 38 heavy (non-hydrogen) atoms. The number of carbonyl (C=O) groups is 2. The number of fused-ring (bicyclic) bond motifs is 1. The van der Waals surface area contributed by atoms with E-state index in [2.05, 4.69) is 20.6 Å². The first-order chi connectivity index (χ1) is 18.5. The van der Waals surface area contributed by atoms with E-state index in [1.165, 1.54) is 0 Å². The molecule has 5 rings (SSSR count). The van der Waals surface area contributed by atoms with Gasteiger partial charge < -0.3 is 14.5 Å². The van der Waals surface area contributed by atoms with Crippen LogP contribution in [0.4, 0.5) is 11.4 Å². The Balaban J connectivity index is 1.43. The summed E-state index contributed by atoms with van der Waals surface area (Å²) in [4.78, 5) is 30.6. The molecule has 4 aromatic rings. The number of amides is 2. The predicted molar refractivity (Wildman–Crippen MR) is 144 cm³/mol. The number of aromatic nitrogens is 4. The number of hydrogen-bond acceptors (Lipinski definition) is 6. The lowest BCUT2D eigenvalue weighted by atomic mass is 9.89. The summed E-state index contributed by atoms with van der Waals surface area (Å²) in [7, 11) is 0. The smallest absolute Gasteiger partial charge is 0.258 e. The summed E-state index contributed by atoms with van der Waals surface area (Å²) in [6, 6.07) is 21.7. The number of hydrogen-bond donors (Lipinski definition) is 1. The van der Waals surface area contributed by atoms with Gasteiger partial charge in [-0.15, -0.1) is 5.10 Å². The van der Waals surface area contributed by atoms with E-state index in [0.29, 0.717) is 35.0 Å². The first-order valence-corrected chi connectivity index (χ1v) is 12.8. The summed E-state index contributed by atoms with van der Waals surface area (Å²) in [5.74, 6) is 1.000. The fourth-order valence-electron chi connectivity index (χ4n) is 4.83. The van der Waals surface area contributed by atoms with Crippen molar-refractivity contribution in [1.82, 2.24) is 20.6 Å². The van der Waals surface area contributed by atoms with Gasteiger partial charge in [-0.2, -0.15) is 0 Å². The molecule has 0 spiro atoms. The number of para-hydroxylation sites is 1. The summed E-state index contributed by atoms with van der Waals surface area (Å²) >= 11 is 6.12. The number of nitrogens with zero attached hydrogens (tertiary/aromatic N) is 5. The van der Waals surface area contributed by atoms with Crippen LogP contribution in [0.1, 0.15) is 54.5 Å². The van der Waals surface area contributed by atoms with Crippen LogP contribution in [-0.2, 0) is 11.4 Å². The van der Waals surface area contributed by atoms with E-state index in [4.69, 9.17) is 16.3 Å². The average molecular weight is 531 g/mol. The second-order valence-corrected chi connectivity index (χ2v) is 9.53. The van der Waals surface area contributed by atoms with Crippen LogP contribution in [0.25, 0.3) is 0 Å². The number of tetrazole rings is 1. The Morgan fingerprint density at radius 3 is 2.50 bits per heavy atom. The number of nitrogens with one attached hydrogen (secondary N) is 1. The minimum absolute atomic E-state index is 0.0100. The number of halogens is 1. The molecule has 2 atom stereocenters. The Morgan fingerprint density at radius 1 is 1.08 bits per heavy atom. The van der Waals surface area contributed by atoms with Crippen molar-refractivity contribution in [2.45, 2.75) is 45.4 Å². The quantitative estimate of drug-likeness (QED) is 0.345. The Labute approximate surface area is 225 Å². The van der Waals surface area contributed by atoms with Gasteiger partial charge in [0.05, 0.1) is 6.04 Å². The van der Waals surface area contributed by atoms with Crippen LogP contribution in [0.5, 0.6) is 5.75 Å². The molecule has 3 aromatic carbocycles. The van der Waals surface area contributed by atoms with E-state index in [9.17, 15) is 9.59 Å². The highest BCUT2D eigenvalue weighted by Crippen LogP contribution is 2.43. The number of benzene rings is 3. The van der Waals surface area contributed by atoms with Crippen molar-refractivity contribution in [3.05, 3.63) is 94.8 Å². The van der Waals surface area contributed by atoms with Crippen molar-refractivity contribution in [3.8, 4) is 5.75 Å². The lowest BCUT2D eigenvalue weighted by Crippen LogP contribution is -2.47. The van der Waals surface area contributed by atoms with Gasteiger partial charge in [0.2, 0.25) is 5.91 Å². The zero-order valence-electron chi connectivity index (χ0n) is 21.0. The van der Waals surface area contributed by atoms with E-state index in [1.807, 2.05) is 60.0 Å². The lowest BCUT2D eigenvalue weighted by molar-refractivity contribution is -0.118. The monoisotopic (exact) mass is 530 g/mol. The van der Waals surface area contributed by atoms with E-state index in [-0.39, 0.29) is 30.5 Å². The summed E-state index contributed by atoms with van der Waals surface area (Å²) in [6.07, 6.45) is 0.948. The first kappa shape index (κ1) is 25.4. The van der Waals surface area contributed by atoms with Gasteiger partial charge in [-0.05, 0) is 83.9 Å². The normalized spacial score (nSPS) is 16.6. The molecule has 10 heteroatoms. The molecule has 0 aliphatic carbocycles. The second kappa shape index (κ2) is 11.0. The Morgan fingerprint density at radius 2 is 1.82 bits per heavy atom. The molecule has 0 radical (unpaired) electrons. The maximum atomic E-state index is 13.8. The molecule has 1 aromatic heterocycles. The van der Waals surface area contributed by atoms with Crippen LogP contribution in [0.3, 0.4) is 0 Å². The fraction of sp³-hybridized carbons (Fsp3) is 0.250. The van der Waals surface area contributed by atoms with Crippen molar-refractivity contribution >= 4 is 34.8 Å². The molecule has 2 heterocycles. The van der Waals surface area contributed by atoms with E-state index >= 15 is 0 Å². The van der Waals surface area contributed by atoms with Crippen molar-refractivity contribution < 1.29 is 14.3 Å². The average Bonchev–Trinajstić information content (AvgIpc) is 3.47. The third-order valence-corrected chi connectivity index (χ3v) is 6.88. The van der Waals surface area contributed by atoms with E-state index < -0.39 is 0 Å². The number of ether oxygens (including phenoxy) is 1. The van der Waals surface area contributed by atoms with Gasteiger partial charge in [0, 0.05) is 34.4 Å². The highest BCUT2D eigenvalue weighted by atomic mass is 35.5. The molecule has 0 bridgehead atoms. The molecule has 1 N–H and O–H groups in total. The van der Waals surface area contributed by atoms with Crippen molar-refractivity contribution in [2.75, 3.05) is 9.80 Å². The van der Waals surface area contributed by atoms with Gasteiger partial charge >= 0.3 is 0 Å². The summed E-state index contributed by atoms with van der Waals surface area (Å²) in [5.41, 5.74) is 3.04. The van der Waals surface area contributed by atoms with E-state index in [0.717, 1.165) is 16.9 Å². The van der Waals surface area contributed by atoms with E-state index in [1.54, 1.807) is 36.4 Å². The van der Waals surface area contributed by atoms with Crippen molar-refractivity contribution in [2.24, 2.45) is 0 Å².